The summed E-state index contributed by atoms with van der Waals surface area (Å²) in [6.45, 7) is 8.44. The lowest BCUT2D eigenvalue weighted by atomic mass is 9.77. The molecule has 0 aliphatic heterocycles. The molecule has 0 amide bonds. The molecular formula is C14H22F2N2. The van der Waals surface area contributed by atoms with Gasteiger partial charge in [-0.2, -0.15) is 0 Å². The number of hydrogen-bond acceptors (Lipinski definition) is 2. The summed E-state index contributed by atoms with van der Waals surface area (Å²) in [7, 11) is 0. The SMILES string of the molecule is CC(CC(NN)c1cc(F)ccc1F)C(C)(C)C. The van der Waals surface area contributed by atoms with E-state index in [0.717, 1.165) is 12.1 Å². The molecule has 4 heteroatoms. The molecule has 0 saturated heterocycles. The lowest BCUT2D eigenvalue weighted by Crippen LogP contribution is -2.32. The molecular weight excluding hydrogens is 234 g/mol. The molecule has 0 spiro atoms. The first-order valence-corrected chi connectivity index (χ1v) is 6.16. The van der Waals surface area contributed by atoms with E-state index >= 15 is 0 Å². The van der Waals surface area contributed by atoms with Gasteiger partial charge in [0.1, 0.15) is 11.6 Å². The summed E-state index contributed by atoms with van der Waals surface area (Å²) in [5.41, 5.74) is 2.96. The van der Waals surface area contributed by atoms with Gasteiger partial charge in [-0.25, -0.2) is 8.78 Å². The Hall–Kier alpha value is -1.00. The summed E-state index contributed by atoms with van der Waals surface area (Å²) in [4.78, 5) is 0. The minimum Gasteiger partial charge on any atom is -0.271 e. The van der Waals surface area contributed by atoms with E-state index in [2.05, 4.69) is 33.1 Å². The van der Waals surface area contributed by atoms with Crippen molar-refractivity contribution in [2.24, 2.45) is 17.2 Å². The van der Waals surface area contributed by atoms with Gasteiger partial charge in [-0.05, 0) is 36.0 Å². The predicted octanol–water partition coefficient (Wildman–Crippen LogP) is 3.54. The molecule has 18 heavy (non-hydrogen) atoms. The summed E-state index contributed by atoms with van der Waals surface area (Å²) in [5, 5.41) is 0. The highest BCUT2D eigenvalue weighted by molar-refractivity contribution is 5.22. The molecule has 0 saturated carbocycles. The van der Waals surface area contributed by atoms with Crippen LogP contribution in [-0.4, -0.2) is 0 Å². The van der Waals surface area contributed by atoms with Crippen LogP contribution in [0.15, 0.2) is 18.2 Å². The largest absolute Gasteiger partial charge is 0.271 e. The number of nitrogens with two attached hydrogens (primary N) is 1. The monoisotopic (exact) mass is 256 g/mol. The summed E-state index contributed by atoms with van der Waals surface area (Å²) < 4.78 is 26.9. The fourth-order valence-electron chi connectivity index (χ4n) is 1.77. The molecule has 0 fully saturated rings. The lowest BCUT2D eigenvalue weighted by molar-refractivity contribution is 0.222. The summed E-state index contributed by atoms with van der Waals surface area (Å²) >= 11 is 0. The Morgan fingerprint density at radius 2 is 1.89 bits per heavy atom. The van der Waals surface area contributed by atoms with Crippen molar-refractivity contribution in [2.45, 2.75) is 40.2 Å². The van der Waals surface area contributed by atoms with Crippen molar-refractivity contribution < 1.29 is 8.78 Å². The molecule has 3 N–H and O–H groups in total. The van der Waals surface area contributed by atoms with Crippen LogP contribution in [0.2, 0.25) is 0 Å². The van der Waals surface area contributed by atoms with Gasteiger partial charge in [0.05, 0.1) is 0 Å². The van der Waals surface area contributed by atoms with Gasteiger partial charge < -0.3 is 0 Å². The first kappa shape index (κ1) is 15.1. The highest BCUT2D eigenvalue weighted by Crippen LogP contribution is 2.33. The maximum atomic E-state index is 13.7. The number of nitrogens with one attached hydrogen (secondary N) is 1. The number of hydrogen-bond donors (Lipinski definition) is 2. The van der Waals surface area contributed by atoms with Crippen molar-refractivity contribution in [2.75, 3.05) is 0 Å². The van der Waals surface area contributed by atoms with Gasteiger partial charge in [0, 0.05) is 11.6 Å². The van der Waals surface area contributed by atoms with E-state index in [1.54, 1.807) is 0 Å². The van der Waals surface area contributed by atoms with Crippen LogP contribution in [-0.2, 0) is 0 Å². The Bertz CT molecular complexity index is 399. The van der Waals surface area contributed by atoms with Crippen LogP contribution in [0.3, 0.4) is 0 Å². The Morgan fingerprint density at radius 3 is 2.39 bits per heavy atom. The molecule has 0 bridgehead atoms. The second-order valence-electron chi connectivity index (χ2n) is 5.89. The van der Waals surface area contributed by atoms with Crippen molar-refractivity contribution in [3.05, 3.63) is 35.4 Å². The third-order valence-corrected chi connectivity index (χ3v) is 3.60. The van der Waals surface area contributed by atoms with E-state index in [-0.39, 0.29) is 17.0 Å². The molecule has 2 nitrogen and oxygen atoms in total. The summed E-state index contributed by atoms with van der Waals surface area (Å²) in [5.74, 6) is 4.92. The maximum absolute atomic E-state index is 13.7. The zero-order valence-electron chi connectivity index (χ0n) is 11.4. The van der Waals surface area contributed by atoms with Crippen LogP contribution in [0.4, 0.5) is 8.78 Å². The normalized spacial score (nSPS) is 15.5. The van der Waals surface area contributed by atoms with E-state index in [0.29, 0.717) is 12.3 Å². The van der Waals surface area contributed by atoms with Crippen molar-refractivity contribution in [1.82, 2.24) is 5.43 Å². The lowest BCUT2D eigenvalue weighted by Gasteiger charge is -2.30. The van der Waals surface area contributed by atoms with Crippen LogP contribution in [0.25, 0.3) is 0 Å². The maximum Gasteiger partial charge on any atom is 0.128 e. The van der Waals surface area contributed by atoms with Gasteiger partial charge >= 0.3 is 0 Å². The second-order valence-corrected chi connectivity index (χ2v) is 5.89. The average Bonchev–Trinajstić information content (AvgIpc) is 2.28. The molecule has 102 valence electrons. The first-order valence-electron chi connectivity index (χ1n) is 6.16. The smallest absolute Gasteiger partial charge is 0.128 e. The Labute approximate surface area is 108 Å². The molecule has 2 unspecified atom stereocenters. The van der Waals surface area contributed by atoms with Crippen molar-refractivity contribution >= 4 is 0 Å². The van der Waals surface area contributed by atoms with Crippen molar-refractivity contribution in [3.63, 3.8) is 0 Å². The van der Waals surface area contributed by atoms with Gasteiger partial charge in [-0.15, -0.1) is 0 Å². The van der Waals surface area contributed by atoms with E-state index in [1.807, 2.05) is 0 Å². The topological polar surface area (TPSA) is 38.0 Å². The van der Waals surface area contributed by atoms with Gasteiger partial charge in [-0.1, -0.05) is 27.7 Å². The molecule has 0 heterocycles. The molecule has 0 aliphatic rings. The van der Waals surface area contributed by atoms with Gasteiger partial charge in [0.2, 0.25) is 0 Å². The zero-order chi connectivity index (χ0) is 13.9. The highest BCUT2D eigenvalue weighted by Gasteiger charge is 2.25. The molecule has 1 aromatic carbocycles. The highest BCUT2D eigenvalue weighted by atomic mass is 19.1. The molecule has 0 aliphatic carbocycles. The number of hydrazine groups is 1. The molecule has 2 atom stereocenters. The average molecular weight is 256 g/mol. The third-order valence-electron chi connectivity index (χ3n) is 3.60. The minimum absolute atomic E-state index is 0.0961. The van der Waals surface area contributed by atoms with Crippen molar-refractivity contribution in [3.8, 4) is 0 Å². The van der Waals surface area contributed by atoms with E-state index < -0.39 is 11.6 Å². The molecule has 0 radical (unpaired) electrons. The molecule has 1 rings (SSSR count). The Kier molecular flexibility index (Phi) is 4.82. The molecule has 1 aromatic rings. The van der Waals surface area contributed by atoms with Crippen LogP contribution >= 0.6 is 0 Å². The van der Waals surface area contributed by atoms with Gasteiger partial charge in [-0.3, -0.25) is 11.3 Å². The molecule has 0 aromatic heterocycles. The number of rotatable bonds is 4. The van der Waals surface area contributed by atoms with Crippen LogP contribution in [0.5, 0.6) is 0 Å². The Morgan fingerprint density at radius 1 is 1.28 bits per heavy atom. The number of halogens is 2. The summed E-state index contributed by atoms with van der Waals surface area (Å²) in [6.07, 6.45) is 0.653. The number of benzene rings is 1. The van der Waals surface area contributed by atoms with Crippen LogP contribution < -0.4 is 11.3 Å². The third kappa shape index (κ3) is 3.75. The van der Waals surface area contributed by atoms with Crippen LogP contribution in [0.1, 0.15) is 45.7 Å². The van der Waals surface area contributed by atoms with Gasteiger partial charge in [0.25, 0.3) is 0 Å². The first-order chi connectivity index (χ1) is 8.25. The standard InChI is InChI=1S/C14H22F2N2/c1-9(14(2,3)4)7-13(18-17)11-8-10(15)5-6-12(11)16/h5-6,8-9,13,18H,7,17H2,1-4H3. The predicted molar refractivity (Wildman–Crippen MR) is 69.7 cm³/mol. The zero-order valence-corrected chi connectivity index (χ0v) is 11.4. The van der Waals surface area contributed by atoms with Crippen LogP contribution in [0, 0.1) is 23.0 Å². The summed E-state index contributed by atoms with van der Waals surface area (Å²) in [6, 6.07) is 3.07. The van der Waals surface area contributed by atoms with Crippen molar-refractivity contribution in [1.29, 1.82) is 0 Å². The van der Waals surface area contributed by atoms with Gasteiger partial charge in [0.15, 0.2) is 0 Å². The second kappa shape index (κ2) is 5.76. The fourth-order valence-corrected chi connectivity index (χ4v) is 1.77. The minimum atomic E-state index is -0.449. The van der Waals surface area contributed by atoms with E-state index in [4.69, 9.17) is 5.84 Å². The van der Waals surface area contributed by atoms with E-state index in [9.17, 15) is 8.78 Å². The fraction of sp³-hybridized carbons (Fsp3) is 0.571. The quantitative estimate of drug-likeness (QED) is 0.638. The Balaban J connectivity index is 2.93. The van der Waals surface area contributed by atoms with E-state index in [1.165, 1.54) is 6.07 Å².